The van der Waals surface area contributed by atoms with Gasteiger partial charge in [-0.3, -0.25) is 0 Å². The maximum Gasteiger partial charge on any atom is 0.335 e. The normalized spacial score (nSPS) is 9.04. The van der Waals surface area contributed by atoms with E-state index in [-0.39, 0.29) is 16.7 Å². The standard InChI is InChI=1S/C9H8O4.C7H6O2.C3H8O/c1-5-6(8(10)11)3-2-4-7(5)9(12)13;8-7(9)6-4-2-1-3-5-6;1-2-3-4/h2-4H,1H3,(H,10,11)(H,12,13);1-5H,(H,8,9);4H,2-3H2,1H3. The summed E-state index contributed by atoms with van der Waals surface area (Å²) in [6.45, 7) is 3.73. The number of carboxylic acids is 3. The summed E-state index contributed by atoms with van der Waals surface area (Å²) in [5.41, 5.74) is 0.666. The van der Waals surface area contributed by atoms with Gasteiger partial charge in [0.25, 0.3) is 0 Å². The summed E-state index contributed by atoms with van der Waals surface area (Å²) in [5, 5.41) is 33.6. The van der Waals surface area contributed by atoms with Crippen LogP contribution in [0.3, 0.4) is 0 Å². The number of aliphatic hydroxyl groups excluding tert-OH is 1. The van der Waals surface area contributed by atoms with Crippen LogP contribution in [0.15, 0.2) is 48.5 Å². The minimum Gasteiger partial charge on any atom is -0.478 e. The molecule has 7 nitrogen and oxygen atoms in total. The zero-order valence-corrected chi connectivity index (χ0v) is 14.5. The third kappa shape index (κ3) is 8.07. The highest BCUT2D eigenvalue weighted by molar-refractivity contribution is 5.96. The molecule has 0 radical (unpaired) electrons. The third-order valence-electron chi connectivity index (χ3n) is 3.04. The number of aliphatic hydroxyl groups is 1. The average molecular weight is 362 g/mol. The fourth-order valence-electron chi connectivity index (χ4n) is 1.68. The van der Waals surface area contributed by atoms with E-state index in [4.69, 9.17) is 20.4 Å². The van der Waals surface area contributed by atoms with E-state index in [9.17, 15) is 14.4 Å². The van der Waals surface area contributed by atoms with Crippen molar-refractivity contribution >= 4 is 17.9 Å². The first kappa shape index (κ1) is 22.8. The van der Waals surface area contributed by atoms with Crippen LogP contribution in [0.25, 0.3) is 0 Å². The number of hydrogen-bond donors (Lipinski definition) is 4. The molecule has 0 atom stereocenters. The van der Waals surface area contributed by atoms with Gasteiger partial charge in [-0.2, -0.15) is 0 Å². The lowest BCUT2D eigenvalue weighted by atomic mass is 10.0. The van der Waals surface area contributed by atoms with Gasteiger partial charge in [-0.15, -0.1) is 0 Å². The fourth-order valence-corrected chi connectivity index (χ4v) is 1.68. The molecule has 0 fully saturated rings. The van der Waals surface area contributed by atoms with Crippen molar-refractivity contribution in [2.24, 2.45) is 0 Å². The smallest absolute Gasteiger partial charge is 0.335 e. The van der Waals surface area contributed by atoms with Gasteiger partial charge in [0.1, 0.15) is 0 Å². The van der Waals surface area contributed by atoms with Gasteiger partial charge in [0.2, 0.25) is 0 Å². The molecule has 0 aliphatic heterocycles. The summed E-state index contributed by atoms with van der Waals surface area (Å²) >= 11 is 0. The van der Waals surface area contributed by atoms with Crippen LogP contribution in [0.5, 0.6) is 0 Å². The lowest BCUT2D eigenvalue weighted by molar-refractivity contribution is 0.0681. The highest BCUT2D eigenvalue weighted by atomic mass is 16.4. The van der Waals surface area contributed by atoms with Gasteiger partial charge in [0.15, 0.2) is 0 Å². The number of hydrogen-bond acceptors (Lipinski definition) is 4. The van der Waals surface area contributed by atoms with Crippen molar-refractivity contribution < 1.29 is 34.8 Å². The Labute approximate surface area is 151 Å². The largest absolute Gasteiger partial charge is 0.478 e. The Kier molecular flexibility index (Phi) is 10.7. The maximum absolute atomic E-state index is 10.6. The Morgan fingerprint density at radius 1 is 0.769 bits per heavy atom. The molecule has 0 aromatic heterocycles. The van der Waals surface area contributed by atoms with Crippen LogP contribution in [0.4, 0.5) is 0 Å². The molecule has 0 aliphatic rings. The van der Waals surface area contributed by atoms with Gasteiger partial charge < -0.3 is 20.4 Å². The van der Waals surface area contributed by atoms with E-state index < -0.39 is 17.9 Å². The third-order valence-corrected chi connectivity index (χ3v) is 3.04. The van der Waals surface area contributed by atoms with Crippen molar-refractivity contribution in [2.45, 2.75) is 20.3 Å². The number of aromatic carboxylic acids is 3. The molecule has 140 valence electrons. The molecule has 0 aliphatic carbocycles. The molecule has 0 saturated heterocycles. The highest BCUT2D eigenvalue weighted by Gasteiger charge is 2.13. The zero-order valence-electron chi connectivity index (χ0n) is 14.5. The van der Waals surface area contributed by atoms with E-state index in [0.29, 0.717) is 12.2 Å². The van der Waals surface area contributed by atoms with Gasteiger partial charge >= 0.3 is 17.9 Å². The fraction of sp³-hybridized carbons (Fsp3) is 0.211. The minimum absolute atomic E-state index is 0.0277. The van der Waals surface area contributed by atoms with E-state index in [1.807, 2.05) is 6.92 Å². The summed E-state index contributed by atoms with van der Waals surface area (Å²) in [6.07, 6.45) is 0.875. The molecule has 2 rings (SSSR count). The van der Waals surface area contributed by atoms with Gasteiger partial charge in [0, 0.05) is 6.61 Å². The van der Waals surface area contributed by atoms with E-state index >= 15 is 0 Å². The summed E-state index contributed by atoms with van der Waals surface area (Å²) < 4.78 is 0. The van der Waals surface area contributed by atoms with Gasteiger partial charge in [0.05, 0.1) is 16.7 Å². The molecule has 26 heavy (non-hydrogen) atoms. The molecule has 4 N–H and O–H groups in total. The van der Waals surface area contributed by atoms with Crippen molar-refractivity contribution in [3.8, 4) is 0 Å². The second kappa shape index (κ2) is 12.2. The van der Waals surface area contributed by atoms with Crippen LogP contribution in [0, 0.1) is 6.92 Å². The van der Waals surface area contributed by atoms with Gasteiger partial charge in [-0.05, 0) is 43.2 Å². The van der Waals surface area contributed by atoms with Crippen LogP contribution in [0.2, 0.25) is 0 Å². The Hall–Kier alpha value is -3.19. The quantitative estimate of drug-likeness (QED) is 0.656. The van der Waals surface area contributed by atoms with E-state index in [1.54, 1.807) is 30.3 Å². The molecule has 0 bridgehead atoms. The Balaban J connectivity index is 0.000000416. The first-order valence-corrected chi connectivity index (χ1v) is 7.71. The molecular formula is C19H22O7. The van der Waals surface area contributed by atoms with Crippen LogP contribution in [0.1, 0.15) is 50.0 Å². The van der Waals surface area contributed by atoms with Crippen molar-refractivity contribution in [1.29, 1.82) is 0 Å². The SMILES string of the molecule is CCCO.Cc1c(C(=O)O)cccc1C(=O)O.O=C(O)c1ccccc1. The van der Waals surface area contributed by atoms with Gasteiger partial charge in [-0.1, -0.05) is 31.2 Å². The summed E-state index contributed by atoms with van der Waals surface area (Å²) in [5.74, 6) is -3.10. The molecule has 0 saturated carbocycles. The van der Waals surface area contributed by atoms with Crippen molar-refractivity contribution in [3.63, 3.8) is 0 Å². The predicted molar refractivity (Wildman–Crippen MR) is 95.9 cm³/mol. The van der Waals surface area contributed by atoms with E-state index in [1.165, 1.54) is 25.1 Å². The number of carbonyl (C=O) groups is 3. The highest BCUT2D eigenvalue weighted by Crippen LogP contribution is 2.13. The maximum atomic E-state index is 10.6. The van der Waals surface area contributed by atoms with E-state index in [0.717, 1.165) is 6.42 Å². The van der Waals surface area contributed by atoms with Crippen molar-refractivity contribution in [1.82, 2.24) is 0 Å². The lowest BCUT2D eigenvalue weighted by Crippen LogP contribution is -2.06. The Morgan fingerprint density at radius 3 is 1.46 bits per heavy atom. The lowest BCUT2D eigenvalue weighted by Gasteiger charge is -2.03. The van der Waals surface area contributed by atoms with Crippen LogP contribution >= 0.6 is 0 Å². The Morgan fingerprint density at radius 2 is 1.19 bits per heavy atom. The molecule has 7 heteroatoms. The van der Waals surface area contributed by atoms with Crippen LogP contribution in [-0.4, -0.2) is 44.9 Å². The van der Waals surface area contributed by atoms with Crippen LogP contribution < -0.4 is 0 Å². The van der Waals surface area contributed by atoms with Crippen molar-refractivity contribution in [2.75, 3.05) is 6.61 Å². The number of rotatable bonds is 4. The topological polar surface area (TPSA) is 132 Å². The number of carboxylic acid groups (broad SMARTS) is 3. The summed E-state index contributed by atoms with van der Waals surface area (Å²) in [6, 6.07) is 12.5. The second-order valence-corrected chi connectivity index (χ2v) is 4.98. The van der Waals surface area contributed by atoms with E-state index in [2.05, 4.69) is 0 Å². The van der Waals surface area contributed by atoms with Crippen molar-refractivity contribution in [3.05, 3.63) is 70.8 Å². The molecule has 2 aromatic rings. The van der Waals surface area contributed by atoms with Gasteiger partial charge in [-0.25, -0.2) is 14.4 Å². The summed E-state index contributed by atoms with van der Waals surface area (Å²) in [7, 11) is 0. The molecule has 0 unspecified atom stereocenters. The second-order valence-electron chi connectivity index (χ2n) is 4.98. The molecular weight excluding hydrogens is 340 g/mol. The zero-order chi connectivity index (χ0) is 20.1. The monoisotopic (exact) mass is 362 g/mol. The first-order valence-electron chi connectivity index (χ1n) is 7.71. The summed E-state index contributed by atoms with van der Waals surface area (Å²) in [4.78, 5) is 31.4. The molecule has 2 aromatic carbocycles. The molecule has 0 amide bonds. The average Bonchev–Trinajstić information content (AvgIpc) is 2.63. The van der Waals surface area contributed by atoms with Crippen LogP contribution in [-0.2, 0) is 0 Å². The first-order chi connectivity index (χ1) is 12.3. The minimum atomic E-state index is -1.11. The Bertz CT molecular complexity index is 690. The molecule has 0 heterocycles. The predicted octanol–water partition coefficient (Wildman–Crippen LogP) is 3.16. The molecule has 0 spiro atoms. The number of benzene rings is 2.